The summed E-state index contributed by atoms with van der Waals surface area (Å²) in [6.45, 7) is 2.84. The van der Waals surface area contributed by atoms with Gasteiger partial charge in [-0.2, -0.15) is 0 Å². The van der Waals surface area contributed by atoms with E-state index in [-0.39, 0.29) is 16.7 Å². The monoisotopic (exact) mass is 253 g/mol. The Bertz CT molecular complexity index is 429. The van der Waals surface area contributed by atoms with Crippen LogP contribution in [0.3, 0.4) is 0 Å². The number of aromatic hydroxyl groups is 1. The van der Waals surface area contributed by atoms with Crippen LogP contribution in [-0.4, -0.2) is 28.5 Å². The van der Waals surface area contributed by atoms with Gasteiger partial charge in [-0.25, -0.2) is 0 Å². The molecule has 0 bridgehead atoms. The fraction of sp³-hybridized carbons (Fsp3) is 0.462. The van der Waals surface area contributed by atoms with Crippen molar-refractivity contribution in [1.29, 1.82) is 0 Å². The summed E-state index contributed by atoms with van der Waals surface area (Å²) in [5.41, 5.74) is 0.549. The number of carbonyl (C=O) groups excluding carboxylic acids is 1. The molecule has 1 aliphatic carbocycles. The van der Waals surface area contributed by atoms with Crippen molar-refractivity contribution in [3.05, 3.63) is 28.8 Å². The van der Waals surface area contributed by atoms with Crippen molar-refractivity contribution in [3.8, 4) is 5.75 Å². The summed E-state index contributed by atoms with van der Waals surface area (Å²) in [6, 6.07) is 5.01. The lowest BCUT2D eigenvalue weighted by Gasteiger charge is -2.21. The average molecular weight is 254 g/mol. The maximum absolute atomic E-state index is 12.3. The minimum absolute atomic E-state index is 0.0104. The summed E-state index contributed by atoms with van der Waals surface area (Å²) in [6.07, 6.45) is 3.14. The van der Waals surface area contributed by atoms with E-state index in [0.29, 0.717) is 11.6 Å². The molecule has 0 saturated heterocycles. The van der Waals surface area contributed by atoms with Gasteiger partial charge < -0.3 is 10.0 Å². The normalized spacial score (nSPS) is 14.7. The van der Waals surface area contributed by atoms with Crippen LogP contribution in [-0.2, 0) is 0 Å². The number of phenols is 1. The van der Waals surface area contributed by atoms with E-state index in [1.54, 1.807) is 6.07 Å². The third-order valence-corrected chi connectivity index (χ3v) is 3.21. The highest BCUT2D eigenvalue weighted by atomic mass is 35.5. The van der Waals surface area contributed by atoms with E-state index < -0.39 is 0 Å². The van der Waals surface area contributed by atoms with Gasteiger partial charge in [0.15, 0.2) is 0 Å². The number of amides is 1. The van der Waals surface area contributed by atoms with Crippen LogP contribution in [0.5, 0.6) is 5.75 Å². The van der Waals surface area contributed by atoms with Crippen LogP contribution in [0, 0.1) is 0 Å². The van der Waals surface area contributed by atoms with Gasteiger partial charge >= 0.3 is 0 Å². The smallest absolute Gasteiger partial charge is 0.254 e. The summed E-state index contributed by atoms with van der Waals surface area (Å²) in [5, 5.41) is 9.56. The minimum Gasteiger partial charge on any atom is -0.506 e. The standard InChI is InChI=1S/C13H16ClNO2/c1-2-7-15(10-4-5-10)13(17)9-3-6-12(16)11(14)8-9/h3,6,8,10,16H,2,4-5,7H2,1H3. The number of nitrogens with zero attached hydrogens (tertiary/aromatic N) is 1. The highest BCUT2D eigenvalue weighted by Gasteiger charge is 2.32. The zero-order chi connectivity index (χ0) is 12.4. The van der Waals surface area contributed by atoms with Gasteiger partial charge in [0.2, 0.25) is 0 Å². The van der Waals surface area contributed by atoms with Gasteiger partial charge in [0.1, 0.15) is 5.75 Å². The summed E-state index contributed by atoms with van der Waals surface area (Å²) in [5.74, 6) is 0.0212. The first-order chi connectivity index (χ1) is 8.13. The maximum Gasteiger partial charge on any atom is 0.254 e. The Morgan fingerprint density at radius 1 is 1.53 bits per heavy atom. The van der Waals surface area contributed by atoms with Gasteiger partial charge in [-0.05, 0) is 37.5 Å². The van der Waals surface area contributed by atoms with Crippen molar-refractivity contribution >= 4 is 17.5 Å². The van der Waals surface area contributed by atoms with Crippen LogP contribution in [0.1, 0.15) is 36.5 Å². The van der Waals surface area contributed by atoms with E-state index in [2.05, 4.69) is 6.92 Å². The second-order valence-electron chi connectivity index (χ2n) is 4.40. The zero-order valence-electron chi connectivity index (χ0n) is 9.82. The molecule has 0 aromatic heterocycles. The van der Waals surface area contributed by atoms with Gasteiger partial charge in [0.05, 0.1) is 5.02 Å². The van der Waals surface area contributed by atoms with Crippen LogP contribution >= 0.6 is 11.6 Å². The average Bonchev–Trinajstić information content (AvgIpc) is 3.13. The van der Waals surface area contributed by atoms with E-state index in [1.807, 2.05) is 4.90 Å². The number of hydrogen-bond acceptors (Lipinski definition) is 2. The first-order valence-corrected chi connectivity index (χ1v) is 6.30. The fourth-order valence-electron chi connectivity index (χ4n) is 1.88. The van der Waals surface area contributed by atoms with Crippen molar-refractivity contribution in [3.63, 3.8) is 0 Å². The second-order valence-corrected chi connectivity index (χ2v) is 4.80. The molecule has 1 N–H and O–H groups in total. The predicted molar refractivity (Wildman–Crippen MR) is 67.5 cm³/mol. The number of halogens is 1. The van der Waals surface area contributed by atoms with Gasteiger partial charge in [0, 0.05) is 18.2 Å². The molecule has 0 aliphatic heterocycles. The number of hydrogen-bond donors (Lipinski definition) is 1. The van der Waals surface area contributed by atoms with E-state index in [9.17, 15) is 9.90 Å². The Balaban J connectivity index is 2.19. The fourth-order valence-corrected chi connectivity index (χ4v) is 2.06. The molecular weight excluding hydrogens is 238 g/mol. The first kappa shape index (κ1) is 12.2. The number of phenolic OH excluding ortho intramolecular Hbond substituents is 1. The number of rotatable bonds is 4. The van der Waals surface area contributed by atoms with Crippen molar-refractivity contribution in [2.24, 2.45) is 0 Å². The summed E-state index contributed by atoms with van der Waals surface area (Å²) in [4.78, 5) is 14.2. The molecule has 92 valence electrons. The molecule has 1 aliphatic rings. The molecule has 3 nitrogen and oxygen atoms in total. The molecule has 1 amide bonds. The van der Waals surface area contributed by atoms with Crippen LogP contribution in [0.15, 0.2) is 18.2 Å². The Kier molecular flexibility index (Phi) is 3.57. The highest BCUT2D eigenvalue weighted by Crippen LogP contribution is 2.30. The molecule has 0 atom stereocenters. The Labute approximate surface area is 106 Å². The molecule has 2 rings (SSSR count). The van der Waals surface area contributed by atoms with E-state index >= 15 is 0 Å². The maximum atomic E-state index is 12.3. The topological polar surface area (TPSA) is 40.5 Å². The summed E-state index contributed by atoms with van der Waals surface area (Å²) >= 11 is 5.81. The predicted octanol–water partition coefficient (Wildman–Crippen LogP) is 3.06. The van der Waals surface area contributed by atoms with Crippen LogP contribution in [0.25, 0.3) is 0 Å². The zero-order valence-corrected chi connectivity index (χ0v) is 10.6. The lowest BCUT2D eigenvalue weighted by Crippen LogP contribution is -2.33. The molecule has 0 unspecified atom stereocenters. The highest BCUT2D eigenvalue weighted by molar-refractivity contribution is 6.32. The molecule has 1 saturated carbocycles. The van der Waals surface area contributed by atoms with Gasteiger partial charge in [0.25, 0.3) is 5.91 Å². The Hall–Kier alpha value is -1.22. The molecule has 4 heteroatoms. The Morgan fingerprint density at radius 3 is 2.76 bits per heavy atom. The summed E-state index contributed by atoms with van der Waals surface area (Å²) in [7, 11) is 0. The number of carbonyl (C=O) groups is 1. The van der Waals surface area contributed by atoms with Crippen LogP contribution in [0.4, 0.5) is 0 Å². The van der Waals surface area contributed by atoms with Crippen molar-refractivity contribution < 1.29 is 9.90 Å². The second kappa shape index (κ2) is 4.96. The van der Waals surface area contributed by atoms with Crippen molar-refractivity contribution in [1.82, 2.24) is 4.90 Å². The lowest BCUT2D eigenvalue weighted by molar-refractivity contribution is 0.0743. The molecule has 1 aromatic carbocycles. The third-order valence-electron chi connectivity index (χ3n) is 2.91. The van der Waals surface area contributed by atoms with Crippen LogP contribution < -0.4 is 0 Å². The van der Waals surface area contributed by atoms with Gasteiger partial charge in [-0.15, -0.1) is 0 Å². The van der Waals surface area contributed by atoms with Crippen LogP contribution in [0.2, 0.25) is 5.02 Å². The molecule has 0 radical (unpaired) electrons. The molecule has 1 aromatic rings. The van der Waals surface area contributed by atoms with Gasteiger partial charge in [-0.1, -0.05) is 18.5 Å². The van der Waals surface area contributed by atoms with Crippen molar-refractivity contribution in [2.75, 3.05) is 6.54 Å². The first-order valence-electron chi connectivity index (χ1n) is 5.93. The molecule has 0 spiro atoms. The van der Waals surface area contributed by atoms with Gasteiger partial charge in [-0.3, -0.25) is 4.79 Å². The van der Waals surface area contributed by atoms with Crippen molar-refractivity contribution in [2.45, 2.75) is 32.2 Å². The van der Waals surface area contributed by atoms with E-state index in [4.69, 9.17) is 11.6 Å². The lowest BCUT2D eigenvalue weighted by atomic mass is 10.2. The third kappa shape index (κ3) is 2.72. The van der Waals surface area contributed by atoms with E-state index in [0.717, 1.165) is 25.8 Å². The quantitative estimate of drug-likeness (QED) is 0.896. The summed E-state index contributed by atoms with van der Waals surface area (Å²) < 4.78 is 0. The molecule has 0 heterocycles. The molecular formula is C13H16ClNO2. The Morgan fingerprint density at radius 2 is 2.24 bits per heavy atom. The number of benzene rings is 1. The van der Waals surface area contributed by atoms with E-state index in [1.165, 1.54) is 12.1 Å². The minimum atomic E-state index is 0.0104. The largest absolute Gasteiger partial charge is 0.506 e. The molecule has 17 heavy (non-hydrogen) atoms. The molecule has 1 fully saturated rings. The SMILES string of the molecule is CCCN(C(=O)c1ccc(O)c(Cl)c1)C1CC1.